The molecule has 1 aliphatic rings. The fraction of sp³-hybridized carbons (Fsp3) is 0.611. The Kier molecular flexibility index (Phi) is 5.40. The first-order valence-electron chi connectivity index (χ1n) is 8.12. The van der Waals surface area contributed by atoms with E-state index in [0.29, 0.717) is 11.8 Å². The number of hydrogen-bond donors (Lipinski definition) is 2. The van der Waals surface area contributed by atoms with Crippen molar-refractivity contribution in [3.63, 3.8) is 0 Å². The quantitative estimate of drug-likeness (QED) is 0.874. The van der Waals surface area contributed by atoms with Crippen LogP contribution >= 0.6 is 0 Å². The topological polar surface area (TPSA) is 41.1 Å². The van der Waals surface area contributed by atoms with Crippen molar-refractivity contribution in [2.45, 2.75) is 40.2 Å². The van der Waals surface area contributed by atoms with Crippen LogP contribution in [-0.4, -0.2) is 19.0 Å². The summed E-state index contributed by atoms with van der Waals surface area (Å²) >= 11 is 0. The van der Waals surface area contributed by atoms with E-state index in [2.05, 4.69) is 62.6 Å². The molecule has 0 spiro atoms. The molecule has 0 aromatic heterocycles. The zero-order valence-electron chi connectivity index (χ0n) is 13.6. The number of benzene rings is 1. The molecule has 3 heteroatoms. The van der Waals surface area contributed by atoms with Crippen molar-refractivity contribution >= 4 is 5.91 Å². The molecule has 1 aromatic rings. The first kappa shape index (κ1) is 16.0. The molecule has 1 fully saturated rings. The van der Waals surface area contributed by atoms with Gasteiger partial charge in [0.1, 0.15) is 0 Å². The van der Waals surface area contributed by atoms with Gasteiger partial charge in [-0.25, -0.2) is 0 Å². The summed E-state index contributed by atoms with van der Waals surface area (Å²) in [5, 5.41) is 6.56. The van der Waals surface area contributed by atoms with Crippen LogP contribution in [0.2, 0.25) is 0 Å². The van der Waals surface area contributed by atoms with Gasteiger partial charge in [-0.1, -0.05) is 52.0 Å². The molecule has 2 rings (SSSR count). The number of nitrogens with one attached hydrogen (secondary N) is 2. The maximum absolute atomic E-state index is 12.5. The zero-order valence-corrected chi connectivity index (χ0v) is 13.6. The number of carbonyl (C=O) groups excluding carboxylic acids is 1. The highest BCUT2D eigenvalue weighted by atomic mass is 16.2. The van der Waals surface area contributed by atoms with E-state index in [-0.39, 0.29) is 17.9 Å². The molecule has 21 heavy (non-hydrogen) atoms. The van der Waals surface area contributed by atoms with Crippen LogP contribution in [0.4, 0.5) is 0 Å². The molecule has 1 aromatic carbocycles. The van der Waals surface area contributed by atoms with E-state index in [9.17, 15) is 4.79 Å². The fourth-order valence-electron chi connectivity index (χ4n) is 3.02. The summed E-state index contributed by atoms with van der Waals surface area (Å²) in [6, 6.07) is 8.73. The van der Waals surface area contributed by atoms with Crippen molar-refractivity contribution in [1.29, 1.82) is 0 Å². The lowest BCUT2D eigenvalue weighted by Crippen LogP contribution is -2.38. The maximum atomic E-state index is 12.5. The van der Waals surface area contributed by atoms with Crippen molar-refractivity contribution in [2.24, 2.45) is 17.8 Å². The molecule has 1 heterocycles. The van der Waals surface area contributed by atoms with Gasteiger partial charge in [-0.15, -0.1) is 0 Å². The predicted octanol–water partition coefficient (Wildman–Crippen LogP) is 2.92. The van der Waals surface area contributed by atoms with Crippen LogP contribution in [0.1, 0.15) is 44.9 Å². The molecule has 1 aliphatic heterocycles. The Labute approximate surface area is 128 Å². The number of hydrogen-bond acceptors (Lipinski definition) is 2. The SMILES string of the molecule is CCc1ccc(C(NC(=O)C2CNCC2C)C(C)C)cc1. The van der Waals surface area contributed by atoms with Gasteiger partial charge in [-0.3, -0.25) is 4.79 Å². The minimum Gasteiger partial charge on any atom is -0.349 e. The first-order chi connectivity index (χ1) is 10.0. The molecule has 0 saturated carbocycles. The first-order valence-corrected chi connectivity index (χ1v) is 8.12. The Morgan fingerprint density at radius 3 is 2.43 bits per heavy atom. The molecule has 116 valence electrons. The van der Waals surface area contributed by atoms with Crippen LogP contribution in [0.5, 0.6) is 0 Å². The van der Waals surface area contributed by atoms with Gasteiger partial charge in [0, 0.05) is 6.54 Å². The van der Waals surface area contributed by atoms with Crippen LogP contribution in [-0.2, 0) is 11.2 Å². The van der Waals surface area contributed by atoms with E-state index >= 15 is 0 Å². The molecule has 3 atom stereocenters. The van der Waals surface area contributed by atoms with Crippen molar-refractivity contribution < 1.29 is 4.79 Å². The lowest BCUT2D eigenvalue weighted by Gasteiger charge is -2.25. The molecule has 0 bridgehead atoms. The largest absolute Gasteiger partial charge is 0.349 e. The maximum Gasteiger partial charge on any atom is 0.225 e. The van der Waals surface area contributed by atoms with E-state index in [1.54, 1.807) is 0 Å². The summed E-state index contributed by atoms with van der Waals surface area (Å²) in [6.07, 6.45) is 1.05. The summed E-state index contributed by atoms with van der Waals surface area (Å²) in [4.78, 5) is 12.5. The third kappa shape index (κ3) is 3.85. The monoisotopic (exact) mass is 288 g/mol. The second-order valence-corrected chi connectivity index (χ2v) is 6.57. The summed E-state index contributed by atoms with van der Waals surface area (Å²) in [7, 11) is 0. The van der Waals surface area contributed by atoms with Gasteiger partial charge in [0.15, 0.2) is 0 Å². The van der Waals surface area contributed by atoms with Gasteiger partial charge in [-0.2, -0.15) is 0 Å². The van der Waals surface area contributed by atoms with Crippen molar-refractivity contribution in [2.75, 3.05) is 13.1 Å². The highest BCUT2D eigenvalue weighted by molar-refractivity contribution is 5.80. The predicted molar refractivity (Wildman–Crippen MR) is 87.1 cm³/mol. The highest BCUT2D eigenvalue weighted by Gasteiger charge is 2.31. The lowest BCUT2D eigenvalue weighted by atomic mass is 9.92. The zero-order chi connectivity index (χ0) is 15.4. The molecule has 1 saturated heterocycles. The minimum atomic E-state index is 0.0937. The van der Waals surface area contributed by atoms with Crippen LogP contribution in [0.3, 0.4) is 0 Å². The smallest absolute Gasteiger partial charge is 0.225 e. The Bertz CT molecular complexity index is 467. The van der Waals surface area contributed by atoms with E-state index < -0.39 is 0 Å². The van der Waals surface area contributed by atoms with Crippen LogP contribution in [0.25, 0.3) is 0 Å². The van der Waals surface area contributed by atoms with Gasteiger partial charge < -0.3 is 10.6 Å². The van der Waals surface area contributed by atoms with E-state index in [1.165, 1.54) is 11.1 Å². The Morgan fingerprint density at radius 1 is 1.29 bits per heavy atom. The molecular weight excluding hydrogens is 260 g/mol. The number of rotatable bonds is 5. The standard InChI is InChI=1S/C18H28N2O/c1-5-14-6-8-15(9-7-14)17(12(2)3)20-18(21)16-11-19-10-13(16)4/h6-9,12-13,16-17,19H,5,10-11H2,1-4H3,(H,20,21). The Hall–Kier alpha value is -1.35. The number of carbonyl (C=O) groups is 1. The van der Waals surface area contributed by atoms with Gasteiger partial charge in [-0.05, 0) is 35.9 Å². The molecule has 3 nitrogen and oxygen atoms in total. The normalized spacial score (nSPS) is 23.3. The average molecular weight is 288 g/mol. The van der Waals surface area contributed by atoms with E-state index in [4.69, 9.17) is 0 Å². The minimum absolute atomic E-state index is 0.0937. The molecule has 1 amide bonds. The van der Waals surface area contributed by atoms with Gasteiger partial charge >= 0.3 is 0 Å². The molecule has 2 N–H and O–H groups in total. The Balaban J connectivity index is 2.09. The van der Waals surface area contributed by atoms with E-state index in [0.717, 1.165) is 19.5 Å². The van der Waals surface area contributed by atoms with Crippen molar-refractivity contribution in [1.82, 2.24) is 10.6 Å². The van der Waals surface area contributed by atoms with Crippen LogP contribution in [0, 0.1) is 17.8 Å². The fourth-order valence-corrected chi connectivity index (χ4v) is 3.02. The summed E-state index contributed by atoms with van der Waals surface area (Å²) in [5.74, 6) is 1.08. The van der Waals surface area contributed by atoms with E-state index in [1.807, 2.05) is 0 Å². The lowest BCUT2D eigenvalue weighted by molar-refractivity contribution is -0.126. The van der Waals surface area contributed by atoms with Gasteiger partial charge in [0.2, 0.25) is 5.91 Å². The second-order valence-electron chi connectivity index (χ2n) is 6.57. The summed E-state index contributed by atoms with van der Waals surface area (Å²) in [6.45, 7) is 10.4. The van der Waals surface area contributed by atoms with Gasteiger partial charge in [0.25, 0.3) is 0 Å². The molecular formula is C18H28N2O. The average Bonchev–Trinajstić information content (AvgIpc) is 2.90. The van der Waals surface area contributed by atoms with Crippen LogP contribution < -0.4 is 10.6 Å². The molecule has 3 unspecified atom stereocenters. The summed E-state index contributed by atoms with van der Waals surface area (Å²) in [5.41, 5.74) is 2.54. The Morgan fingerprint density at radius 2 is 1.95 bits per heavy atom. The second kappa shape index (κ2) is 7.08. The summed E-state index contributed by atoms with van der Waals surface area (Å²) < 4.78 is 0. The molecule has 0 radical (unpaired) electrons. The third-order valence-corrected chi connectivity index (χ3v) is 4.57. The number of amides is 1. The third-order valence-electron chi connectivity index (χ3n) is 4.57. The molecule has 0 aliphatic carbocycles. The van der Waals surface area contributed by atoms with Gasteiger partial charge in [0.05, 0.1) is 12.0 Å². The number of aryl methyl sites for hydroxylation is 1. The van der Waals surface area contributed by atoms with Crippen LogP contribution in [0.15, 0.2) is 24.3 Å². The van der Waals surface area contributed by atoms with Crippen molar-refractivity contribution in [3.8, 4) is 0 Å². The van der Waals surface area contributed by atoms with Crippen molar-refractivity contribution in [3.05, 3.63) is 35.4 Å². The highest BCUT2D eigenvalue weighted by Crippen LogP contribution is 2.24.